The molecule has 0 amide bonds. The maximum Gasteiger partial charge on any atom is 0.213 e. The molecule has 3 nitrogen and oxygen atoms in total. The Morgan fingerprint density at radius 3 is 2.40 bits per heavy atom. The fraction of sp³-hybridized carbons (Fsp3) is 0.476. The second-order valence-corrected chi connectivity index (χ2v) is 6.39. The molecule has 0 atom stereocenters. The minimum absolute atomic E-state index is 0.268. The van der Waals surface area contributed by atoms with Gasteiger partial charge in [-0.2, -0.15) is 0 Å². The van der Waals surface area contributed by atoms with E-state index >= 15 is 0 Å². The van der Waals surface area contributed by atoms with Crippen molar-refractivity contribution in [3.05, 3.63) is 47.9 Å². The first-order valence-corrected chi connectivity index (χ1v) is 9.04. The van der Waals surface area contributed by atoms with Gasteiger partial charge in [0.05, 0.1) is 13.2 Å². The predicted molar refractivity (Wildman–Crippen MR) is 99.1 cm³/mol. The highest BCUT2D eigenvalue weighted by Crippen LogP contribution is 2.25. The molecule has 2 rings (SSSR count). The molecule has 1 aromatic carbocycles. The van der Waals surface area contributed by atoms with E-state index < -0.39 is 0 Å². The molecule has 1 heterocycles. The number of benzene rings is 1. The fourth-order valence-electron chi connectivity index (χ4n) is 3.00. The van der Waals surface area contributed by atoms with Crippen LogP contribution >= 0.6 is 0 Å². The van der Waals surface area contributed by atoms with Crippen LogP contribution in [0, 0.1) is 11.7 Å². The third-order valence-corrected chi connectivity index (χ3v) is 4.25. The van der Waals surface area contributed by atoms with E-state index in [0.29, 0.717) is 30.6 Å². The molecule has 0 spiro atoms. The third-order valence-electron chi connectivity index (χ3n) is 4.25. The normalized spacial score (nSPS) is 11.1. The van der Waals surface area contributed by atoms with Crippen molar-refractivity contribution in [1.82, 2.24) is 4.98 Å². The molecule has 1 aromatic heterocycles. The number of rotatable bonds is 10. The smallest absolute Gasteiger partial charge is 0.213 e. The van der Waals surface area contributed by atoms with Crippen LogP contribution in [-0.2, 0) is 11.3 Å². The Bertz CT molecular complexity index is 637. The first-order valence-electron chi connectivity index (χ1n) is 9.04. The van der Waals surface area contributed by atoms with Gasteiger partial charge in [0.1, 0.15) is 5.82 Å². The van der Waals surface area contributed by atoms with Crippen LogP contribution in [0.2, 0.25) is 0 Å². The van der Waals surface area contributed by atoms with Gasteiger partial charge in [-0.1, -0.05) is 38.8 Å². The highest BCUT2D eigenvalue weighted by Gasteiger charge is 2.10. The summed E-state index contributed by atoms with van der Waals surface area (Å²) in [6.45, 7) is 5.48. The summed E-state index contributed by atoms with van der Waals surface area (Å²) < 4.78 is 25.1. The largest absolute Gasteiger partial charge is 0.477 e. The van der Waals surface area contributed by atoms with Crippen LogP contribution < -0.4 is 4.74 Å². The summed E-state index contributed by atoms with van der Waals surface area (Å²) in [5.41, 5.74) is 2.09. The van der Waals surface area contributed by atoms with Crippen molar-refractivity contribution in [3.63, 3.8) is 0 Å². The van der Waals surface area contributed by atoms with Gasteiger partial charge < -0.3 is 9.47 Å². The standard InChI is InChI=1S/C21H28FNO2/c1-4-6-16(7-5-2)15-25-21-11-9-18(13-23-21)19-10-8-17(14-24-3)12-20(19)22/h8-13,16H,4-7,14-15H2,1-3H3. The number of pyridine rings is 1. The zero-order valence-electron chi connectivity index (χ0n) is 15.4. The molecule has 0 aliphatic carbocycles. The average molecular weight is 345 g/mol. The average Bonchev–Trinajstić information content (AvgIpc) is 2.61. The molecule has 25 heavy (non-hydrogen) atoms. The first-order chi connectivity index (χ1) is 12.2. The van der Waals surface area contributed by atoms with Gasteiger partial charge in [0, 0.05) is 30.5 Å². The van der Waals surface area contributed by atoms with Gasteiger partial charge in [0.2, 0.25) is 5.88 Å². The first kappa shape index (κ1) is 19.4. The molecule has 0 saturated heterocycles. The zero-order valence-corrected chi connectivity index (χ0v) is 15.4. The second kappa shape index (κ2) is 10.1. The molecule has 0 aliphatic heterocycles. The molecule has 0 radical (unpaired) electrons. The quantitative estimate of drug-likeness (QED) is 0.559. The Morgan fingerprint density at radius 1 is 1.08 bits per heavy atom. The highest BCUT2D eigenvalue weighted by atomic mass is 19.1. The van der Waals surface area contributed by atoms with Crippen molar-refractivity contribution in [2.75, 3.05) is 13.7 Å². The molecule has 2 aromatic rings. The molecule has 0 fully saturated rings. The number of nitrogens with zero attached hydrogens (tertiary/aromatic N) is 1. The molecular weight excluding hydrogens is 317 g/mol. The van der Waals surface area contributed by atoms with Crippen LogP contribution in [-0.4, -0.2) is 18.7 Å². The Kier molecular flexibility index (Phi) is 7.86. The van der Waals surface area contributed by atoms with Crippen molar-refractivity contribution >= 4 is 0 Å². The van der Waals surface area contributed by atoms with Gasteiger partial charge in [-0.25, -0.2) is 9.37 Å². The van der Waals surface area contributed by atoms with Crippen molar-refractivity contribution in [1.29, 1.82) is 0 Å². The fourth-order valence-corrected chi connectivity index (χ4v) is 3.00. The summed E-state index contributed by atoms with van der Waals surface area (Å²) in [6, 6.07) is 8.80. The van der Waals surface area contributed by atoms with E-state index in [-0.39, 0.29) is 5.82 Å². The van der Waals surface area contributed by atoms with Gasteiger partial charge in [0.25, 0.3) is 0 Å². The Balaban J connectivity index is 2.02. The van der Waals surface area contributed by atoms with Crippen molar-refractivity contribution in [3.8, 4) is 17.0 Å². The Hall–Kier alpha value is -1.94. The van der Waals surface area contributed by atoms with Crippen LogP contribution in [0.5, 0.6) is 5.88 Å². The van der Waals surface area contributed by atoms with E-state index in [0.717, 1.165) is 11.1 Å². The van der Waals surface area contributed by atoms with E-state index in [2.05, 4.69) is 18.8 Å². The van der Waals surface area contributed by atoms with E-state index in [1.54, 1.807) is 19.4 Å². The number of ether oxygens (including phenoxy) is 2. The van der Waals surface area contributed by atoms with E-state index in [1.165, 1.54) is 31.7 Å². The number of aromatic nitrogens is 1. The van der Waals surface area contributed by atoms with Crippen LogP contribution in [0.25, 0.3) is 11.1 Å². The summed E-state index contributed by atoms with van der Waals surface area (Å²) >= 11 is 0. The molecule has 0 N–H and O–H groups in total. The number of hydrogen-bond donors (Lipinski definition) is 0. The maximum absolute atomic E-state index is 14.3. The summed E-state index contributed by atoms with van der Waals surface area (Å²) in [7, 11) is 1.60. The summed E-state index contributed by atoms with van der Waals surface area (Å²) in [6.07, 6.45) is 6.34. The summed E-state index contributed by atoms with van der Waals surface area (Å²) in [4.78, 5) is 4.33. The number of halogens is 1. The predicted octanol–water partition coefficient (Wildman–Crippen LogP) is 5.63. The summed E-state index contributed by atoms with van der Waals surface area (Å²) in [5.74, 6) is 0.899. The minimum Gasteiger partial charge on any atom is -0.477 e. The van der Waals surface area contributed by atoms with Crippen LogP contribution in [0.4, 0.5) is 4.39 Å². The lowest BCUT2D eigenvalue weighted by Gasteiger charge is -2.15. The monoisotopic (exact) mass is 345 g/mol. The minimum atomic E-state index is -0.268. The molecular formula is C21H28FNO2. The SMILES string of the molecule is CCCC(CCC)COc1ccc(-c2ccc(COC)cc2F)cn1. The highest BCUT2D eigenvalue weighted by molar-refractivity contribution is 5.63. The van der Waals surface area contributed by atoms with Crippen LogP contribution in [0.3, 0.4) is 0 Å². The van der Waals surface area contributed by atoms with Crippen molar-refractivity contribution in [2.24, 2.45) is 5.92 Å². The zero-order chi connectivity index (χ0) is 18.1. The molecule has 0 unspecified atom stereocenters. The lowest BCUT2D eigenvalue weighted by Crippen LogP contribution is -2.12. The molecule has 4 heteroatoms. The molecule has 0 saturated carbocycles. The van der Waals surface area contributed by atoms with Gasteiger partial charge in [-0.05, 0) is 36.5 Å². The van der Waals surface area contributed by atoms with E-state index in [1.807, 2.05) is 18.2 Å². The van der Waals surface area contributed by atoms with E-state index in [9.17, 15) is 4.39 Å². The van der Waals surface area contributed by atoms with Crippen molar-refractivity contribution < 1.29 is 13.9 Å². The Morgan fingerprint density at radius 2 is 1.84 bits per heavy atom. The second-order valence-electron chi connectivity index (χ2n) is 6.39. The lowest BCUT2D eigenvalue weighted by atomic mass is 9.99. The van der Waals surface area contributed by atoms with Crippen LogP contribution in [0.15, 0.2) is 36.5 Å². The van der Waals surface area contributed by atoms with Crippen LogP contribution in [0.1, 0.15) is 45.1 Å². The molecule has 0 aliphatic rings. The molecule has 0 bridgehead atoms. The molecule has 136 valence electrons. The maximum atomic E-state index is 14.3. The van der Waals surface area contributed by atoms with Gasteiger partial charge in [-0.15, -0.1) is 0 Å². The van der Waals surface area contributed by atoms with Crippen molar-refractivity contribution in [2.45, 2.75) is 46.1 Å². The number of methoxy groups -OCH3 is 1. The third kappa shape index (κ3) is 5.82. The van der Waals surface area contributed by atoms with E-state index in [4.69, 9.17) is 9.47 Å². The summed E-state index contributed by atoms with van der Waals surface area (Å²) in [5, 5.41) is 0. The van der Waals surface area contributed by atoms with Gasteiger partial charge in [0.15, 0.2) is 0 Å². The lowest BCUT2D eigenvalue weighted by molar-refractivity contribution is 0.184. The van der Waals surface area contributed by atoms with Gasteiger partial charge in [-0.3, -0.25) is 0 Å². The Labute approximate surface area is 150 Å². The topological polar surface area (TPSA) is 31.4 Å². The van der Waals surface area contributed by atoms with Gasteiger partial charge >= 0.3 is 0 Å². The number of hydrogen-bond acceptors (Lipinski definition) is 3.